The van der Waals surface area contributed by atoms with Gasteiger partial charge in [0.15, 0.2) is 0 Å². The van der Waals surface area contributed by atoms with E-state index in [1.165, 1.54) is 12.1 Å². The van der Waals surface area contributed by atoms with Crippen LogP contribution in [0.15, 0.2) is 73.3 Å². The minimum Gasteiger partial charge on any atom is -0.340 e. The van der Waals surface area contributed by atoms with Gasteiger partial charge in [0.2, 0.25) is 5.95 Å². The molecule has 10 heteroatoms. The molecular formula is C31H34F3N7. The minimum absolute atomic E-state index is 0.213. The summed E-state index contributed by atoms with van der Waals surface area (Å²) in [6.07, 6.45) is 4.61. The molecule has 1 fully saturated rings. The van der Waals surface area contributed by atoms with Crippen LogP contribution in [0.3, 0.4) is 0 Å². The van der Waals surface area contributed by atoms with Crippen LogP contribution >= 0.6 is 0 Å². The van der Waals surface area contributed by atoms with Gasteiger partial charge in [-0.15, -0.1) is 0 Å². The summed E-state index contributed by atoms with van der Waals surface area (Å²) < 4.78 is 39.3. The molecule has 1 aliphatic heterocycles. The molecule has 1 aliphatic rings. The van der Waals surface area contributed by atoms with E-state index in [4.69, 9.17) is 4.98 Å². The third kappa shape index (κ3) is 7.00. The fraction of sp³-hybridized carbons (Fsp3) is 0.355. The molecule has 214 valence electrons. The summed E-state index contributed by atoms with van der Waals surface area (Å²) in [6, 6.07) is 13.4. The molecule has 0 amide bonds. The number of nitrogens with one attached hydrogen (secondary N) is 1. The number of anilines is 3. The Morgan fingerprint density at radius 3 is 2.34 bits per heavy atom. The number of aromatic nitrogens is 4. The topological polar surface area (TPSA) is 70.1 Å². The summed E-state index contributed by atoms with van der Waals surface area (Å²) in [5.41, 5.74) is 3.50. The van der Waals surface area contributed by atoms with Crippen LogP contribution in [0.1, 0.15) is 43.4 Å². The molecule has 0 saturated carbocycles. The van der Waals surface area contributed by atoms with E-state index >= 15 is 0 Å². The lowest BCUT2D eigenvalue weighted by Crippen LogP contribution is -2.47. The molecule has 5 rings (SSSR count). The molecule has 0 spiro atoms. The summed E-state index contributed by atoms with van der Waals surface area (Å²) in [5.74, 6) is 1.29. The summed E-state index contributed by atoms with van der Waals surface area (Å²) >= 11 is 0. The lowest BCUT2D eigenvalue weighted by atomic mass is 10.0. The molecule has 0 bridgehead atoms. The van der Waals surface area contributed by atoms with Gasteiger partial charge in [-0.2, -0.15) is 13.2 Å². The maximum atomic E-state index is 13.1. The Balaban J connectivity index is 1.39. The van der Waals surface area contributed by atoms with Crippen molar-refractivity contribution in [3.63, 3.8) is 0 Å². The Hall–Kier alpha value is -4.05. The molecule has 41 heavy (non-hydrogen) atoms. The second-order valence-corrected chi connectivity index (χ2v) is 10.7. The van der Waals surface area contributed by atoms with Gasteiger partial charge in [0.05, 0.1) is 11.3 Å². The van der Waals surface area contributed by atoms with E-state index in [1.807, 2.05) is 31.3 Å². The van der Waals surface area contributed by atoms with Crippen molar-refractivity contribution in [2.75, 3.05) is 23.3 Å². The Labute approximate surface area is 238 Å². The van der Waals surface area contributed by atoms with Crippen LogP contribution in [0.2, 0.25) is 0 Å². The van der Waals surface area contributed by atoms with E-state index in [2.05, 4.69) is 43.9 Å². The quantitative estimate of drug-likeness (QED) is 0.251. The number of nitrogens with zero attached hydrogens (tertiary/aromatic N) is 6. The van der Waals surface area contributed by atoms with Crippen LogP contribution in [-0.4, -0.2) is 50.0 Å². The van der Waals surface area contributed by atoms with Gasteiger partial charge in [-0.25, -0.2) is 15.0 Å². The number of hydrogen-bond donors (Lipinski definition) is 1. The van der Waals surface area contributed by atoms with Gasteiger partial charge < -0.3 is 15.1 Å². The molecule has 0 radical (unpaired) electrons. The van der Waals surface area contributed by atoms with Gasteiger partial charge in [0.1, 0.15) is 5.82 Å². The van der Waals surface area contributed by atoms with Crippen molar-refractivity contribution in [3.8, 4) is 11.3 Å². The number of halogens is 3. The highest BCUT2D eigenvalue weighted by Crippen LogP contribution is 2.31. The standard InChI is InChI=1S/C31H34F3N7/c1-21(2)40-16-12-26(13-17-40)41(20-23-4-9-29(37-19-23)38-27-10-14-35-18-22(27)3)30-36-15-11-28(39-30)24-5-7-25(8-6-24)31(32,33)34/h4-11,14-15,18-19,21,26H,12-13,16-17,20H2,1-3H3,(H,35,37,38). The van der Waals surface area contributed by atoms with E-state index < -0.39 is 11.7 Å². The molecule has 0 atom stereocenters. The Kier molecular flexibility index (Phi) is 8.49. The number of rotatable bonds is 8. The van der Waals surface area contributed by atoms with E-state index in [1.54, 1.807) is 24.7 Å². The first-order valence-electron chi connectivity index (χ1n) is 13.8. The van der Waals surface area contributed by atoms with Crippen LogP contribution in [0, 0.1) is 6.92 Å². The van der Waals surface area contributed by atoms with Gasteiger partial charge in [0.25, 0.3) is 0 Å². The predicted octanol–water partition coefficient (Wildman–Crippen LogP) is 6.88. The molecule has 4 aromatic rings. The Bertz CT molecular complexity index is 1430. The van der Waals surface area contributed by atoms with E-state index in [0.717, 1.165) is 60.7 Å². The average Bonchev–Trinajstić information content (AvgIpc) is 2.98. The Morgan fingerprint density at radius 2 is 1.71 bits per heavy atom. The van der Waals surface area contributed by atoms with Crippen LogP contribution in [0.5, 0.6) is 0 Å². The van der Waals surface area contributed by atoms with Crippen LogP contribution in [0.4, 0.5) is 30.6 Å². The van der Waals surface area contributed by atoms with E-state index in [0.29, 0.717) is 29.8 Å². The Morgan fingerprint density at radius 1 is 0.951 bits per heavy atom. The van der Waals surface area contributed by atoms with Gasteiger partial charge in [-0.05, 0) is 75.1 Å². The van der Waals surface area contributed by atoms with Crippen molar-refractivity contribution >= 4 is 17.5 Å². The normalized spacial score (nSPS) is 14.8. The lowest BCUT2D eigenvalue weighted by molar-refractivity contribution is -0.137. The van der Waals surface area contributed by atoms with Crippen molar-refractivity contribution < 1.29 is 13.2 Å². The van der Waals surface area contributed by atoms with Crippen molar-refractivity contribution in [1.82, 2.24) is 24.8 Å². The highest BCUT2D eigenvalue weighted by molar-refractivity contribution is 5.61. The number of aryl methyl sites for hydroxylation is 1. The van der Waals surface area contributed by atoms with Crippen molar-refractivity contribution in [2.24, 2.45) is 0 Å². The predicted molar refractivity (Wildman–Crippen MR) is 155 cm³/mol. The smallest absolute Gasteiger partial charge is 0.340 e. The first-order chi connectivity index (χ1) is 19.7. The van der Waals surface area contributed by atoms with Gasteiger partial charge in [-0.3, -0.25) is 4.98 Å². The molecule has 7 nitrogen and oxygen atoms in total. The van der Waals surface area contributed by atoms with Gasteiger partial charge in [0, 0.05) is 67.8 Å². The van der Waals surface area contributed by atoms with Crippen molar-refractivity contribution in [3.05, 3.63) is 90.0 Å². The number of pyridine rings is 2. The summed E-state index contributed by atoms with van der Waals surface area (Å²) in [4.78, 5) is 22.9. The SMILES string of the molecule is Cc1cnccc1Nc1ccc(CN(c2nccc(-c3ccc(C(F)(F)F)cc3)n2)C2CCN(C(C)C)CC2)cn1. The number of benzene rings is 1. The first-order valence-corrected chi connectivity index (χ1v) is 13.8. The zero-order valence-electron chi connectivity index (χ0n) is 23.4. The third-order valence-corrected chi connectivity index (χ3v) is 7.54. The monoisotopic (exact) mass is 561 g/mol. The van der Waals surface area contributed by atoms with Gasteiger partial charge in [-0.1, -0.05) is 18.2 Å². The molecule has 1 aromatic carbocycles. The molecule has 0 aliphatic carbocycles. The molecule has 1 N–H and O–H groups in total. The summed E-state index contributed by atoms with van der Waals surface area (Å²) in [7, 11) is 0. The first kappa shape index (κ1) is 28.5. The number of hydrogen-bond acceptors (Lipinski definition) is 7. The van der Waals surface area contributed by atoms with Crippen LogP contribution < -0.4 is 10.2 Å². The molecule has 0 unspecified atom stereocenters. The highest BCUT2D eigenvalue weighted by atomic mass is 19.4. The highest BCUT2D eigenvalue weighted by Gasteiger charge is 2.30. The molecule has 4 heterocycles. The average molecular weight is 562 g/mol. The molecular weight excluding hydrogens is 527 g/mol. The van der Waals surface area contributed by atoms with Gasteiger partial charge >= 0.3 is 6.18 Å². The van der Waals surface area contributed by atoms with E-state index in [-0.39, 0.29) is 6.04 Å². The lowest BCUT2D eigenvalue weighted by Gasteiger charge is -2.40. The zero-order valence-corrected chi connectivity index (χ0v) is 23.4. The van der Waals surface area contributed by atoms with Crippen LogP contribution in [0.25, 0.3) is 11.3 Å². The molecule has 1 saturated heterocycles. The van der Waals surface area contributed by atoms with Crippen LogP contribution in [-0.2, 0) is 12.7 Å². The number of likely N-dealkylation sites (tertiary alicyclic amines) is 1. The minimum atomic E-state index is -4.38. The summed E-state index contributed by atoms with van der Waals surface area (Å²) in [5, 5.41) is 3.34. The number of alkyl halides is 3. The second kappa shape index (κ2) is 12.2. The zero-order chi connectivity index (χ0) is 29.0. The maximum absolute atomic E-state index is 13.1. The fourth-order valence-corrected chi connectivity index (χ4v) is 5.09. The second-order valence-electron chi connectivity index (χ2n) is 10.7. The fourth-order valence-electron chi connectivity index (χ4n) is 5.09. The summed E-state index contributed by atoms with van der Waals surface area (Å²) in [6.45, 7) is 8.93. The maximum Gasteiger partial charge on any atom is 0.416 e. The number of piperidine rings is 1. The third-order valence-electron chi connectivity index (χ3n) is 7.54. The van der Waals surface area contributed by atoms with Crippen molar-refractivity contribution in [1.29, 1.82) is 0 Å². The van der Waals surface area contributed by atoms with E-state index in [9.17, 15) is 13.2 Å². The molecule has 3 aromatic heterocycles. The van der Waals surface area contributed by atoms with Crippen molar-refractivity contribution in [2.45, 2.75) is 58.4 Å². The largest absolute Gasteiger partial charge is 0.416 e.